The van der Waals surface area contributed by atoms with Crippen LogP contribution in [-0.2, 0) is 0 Å². The summed E-state index contributed by atoms with van der Waals surface area (Å²) >= 11 is 0. The van der Waals surface area contributed by atoms with Gasteiger partial charge in [-0.3, -0.25) is 4.79 Å². The fourth-order valence-corrected chi connectivity index (χ4v) is 2.97. The lowest BCUT2D eigenvalue weighted by atomic mass is 9.86. The van der Waals surface area contributed by atoms with Crippen LogP contribution in [0.15, 0.2) is 36.4 Å². The van der Waals surface area contributed by atoms with Crippen molar-refractivity contribution in [3.05, 3.63) is 42.1 Å². The number of nitrogens with zero attached hydrogens (tertiary/aromatic N) is 1. The molecule has 104 valence electrons. The van der Waals surface area contributed by atoms with Gasteiger partial charge in [0.05, 0.1) is 5.52 Å². The van der Waals surface area contributed by atoms with E-state index in [9.17, 15) is 4.79 Å². The van der Waals surface area contributed by atoms with Crippen molar-refractivity contribution in [2.45, 2.75) is 38.6 Å². The van der Waals surface area contributed by atoms with Gasteiger partial charge < -0.3 is 5.32 Å². The number of nitrogens with one attached hydrogen (secondary N) is 1. The second-order valence-corrected chi connectivity index (χ2v) is 5.73. The predicted molar refractivity (Wildman–Crippen MR) is 80.6 cm³/mol. The van der Waals surface area contributed by atoms with Crippen molar-refractivity contribution in [3.8, 4) is 0 Å². The molecule has 2 atom stereocenters. The van der Waals surface area contributed by atoms with Gasteiger partial charge in [0.25, 0.3) is 5.91 Å². The Kier molecular flexibility index (Phi) is 3.68. The molecule has 1 heterocycles. The molecule has 3 rings (SSSR count). The normalized spacial score (nSPS) is 22.6. The maximum absolute atomic E-state index is 12.3. The molecule has 3 heteroatoms. The van der Waals surface area contributed by atoms with E-state index in [1.54, 1.807) is 0 Å². The van der Waals surface area contributed by atoms with Gasteiger partial charge in [-0.2, -0.15) is 0 Å². The van der Waals surface area contributed by atoms with E-state index in [1.165, 1.54) is 19.3 Å². The Morgan fingerprint density at radius 3 is 2.80 bits per heavy atom. The summed E-state index contributed by atoms with van der Waals surface area (Å²) in [6.07, 6.45) is 4.78. The minimum Gasteiger partial charge on any atom is -0.348 e. The molecule has 0 bridgehead atoms. The number of rotatable bonds is 2. The Morgan fingerprint density at radius 1 is 1.15 bits per heavy atom. The van der Waals surface area contributed by atoms with Gasteiger partial charge in [-0.25, -0.2) is 4.98 Å². The third-order valence-electron chi connectivity index (χ3n) is 4.26. The highest BCUT2D eigenvalue weighted by atomic mass is 16.1. The summed E-state index contributed by atoms with van der Waals surface area (Å²) in [5.41, 5.74) is 1.39. The summed E-state index contributed by atoms with van der Waals surface area (Å²) in [7, 11) is 0. The van der Waals surface area contributed by atoms with Gasteiger partial charge in [0.15, 0.2) is 0 Å². The van der Waals surface area contributed by atoms with Gasteiger partial charge in [-0.1, -0.05) is 44.0 Å². The maximum Gasteiger partial charge on any atom is 0.270 e. The van der Waals surface area contributed by atoms with E-state index in [4.69, 9.17) is 0 Å². The lowest BCUT2D eigenvalue weighted by Crippen LogP contribution is -2.41. The van der Waals surface area contributed by atoms with Crippen molar-refractivity contribution >= 4 is 16.8 Å². The molecule has 1 aromatic heterocycles. The summed E-state index contributed by atoms with van der Waals surface area (Å²) in [6.45, 7) is 2.22. The van der Waals surface area contributed by atoms with Gasteiger partial charge in [0.2, 0.25) is 0 Å². The Bertz CT molecular complexity index is 623. The Labute approximate surface area is 119 Å². The summed E-state index contributed by atoms with van der Waals surface area (Å²) in [6, 6.07) is 11.9. The van der Waals surface area contributed by atoms with Gasteiger partial charge >= 0.3 is 0 Å². The van der Waals surface area contributed by atoms with Crippen LogP contribution in [0.25, 0.3) is 10.9 Å². The van der Waals surface area contributed by atoms with Gasteiger partial charge in [0.1, 0.15) is 5.69 Å². The molecular formula is C17H20N2O. The standard InChI is InChI=1S/C17H20N2O/c1-12-6-2-4-8-14(12)19-17(20)16-11-10-13-7-3-5-9-15(13)18-16/h3,5,7,9-12,14H,2,4,6,8H2,1H3,(H,19,20)/t12-,14+/m1/s1. The average Bonchev–Trinajstić information content (AvgIpc) is 2.49. The molecule has 1 aliphatic carbocycles. The number of aromatic nitrogens is 1. The molecule has 1 aromatic carbocycles. The van der Waals surface area contributed by atoms with E-state index in [1.807, 2.05) is 36.4 Å². The van der Waals surface area contributed by atoms with E-state index in [0.717, 1.165) is 17.3 Å². The largest absolute Gasteiger partial charge is 0.348 e. The summed E-state index contributed by atoms with van der Waals surface area (Å²) in [5.74, 6) is 0.516. The second kappa shape index (κ2) is 5.61. The maximum atomic E-state index is 12.3. The van der Waals surface area contributed by atoms with E-state index >= 15 is 0 Å². The fraction of sp³-hybridized carbons (Fsp3) is 0.412. The van der Waals surface area contributed by atoms with Crippen LogP contribution < -0.4 is 5.32 Å². The molecule has 0 unspecified atom stereocenters. The highest BCUT2D eigenvalue weighted by Gasteiger charge is 2.23. The van der Waals surface area contributed by atoms with Crippen LogP contribution in [0, 0.1) is 5.92 Å². The van der Waals surface area contributed by atoms with Crippen molar-refractivity contribution < 1.29 is 4.79 Å². The van der Waals surface area contributed by atoms with Crippen LogP contribution in [-0.4, -0.2) is 16.9 Å². The van der Waals surface area contributed by atoms with E-state index < -0.39 is 0 Å². The molecule has 1 amide bonds. The number of benzene rings is 1. The molecule has 0 radical (unpaired) electrons. The molecular weight excluding hydrogens is 248 g/mol. The summed E-state index contributed by atoms with van der Waals surface area (Å²) < 4.78 is 0. The number of fused-ring (bicyclic) bond motifs is 1. The first-order chi connectivity index (χ1) is 9.74. The van der Waals surface area contributed by atoms with Crippen LogP contribution in [0.4, 0.5) is 0 Å². The van der Waals surface area contributed by atoms with E-state index in [0.29, 0.717) is 17.7 Å². The highest BCUT2D eigenvalue weighted by molar-refractivity contribution is 5.95. The van der Waals surface area contributed by atoms with Crippen LogP contribution in [0.5, 0.6) is 0 Å². The summed E-state index contributed by atoms with van der Waals surface area (Å²) in [5, 5.41) is 4.21. The zero-order valence-electron chi connectivity index (χ0n) is 11.8. The third kappa shape index (κ3) is 2.67. The molecule has 1 saturated carbocycles. The van der Waals surface area contributed by atoms with Gasteiger partial charge in [0, 0.05) is 11.4 Å². The molecule has 0 spiro atoms. The molecule has 3 nitrogen and oxygen atoms in total. The number of carbonyl (C=O) groups excluding carboxylic acids is 1. The van der Waals surface area contributed by atoms with Gasteiger partial charge in [-0.15, -0.1) is 0 Å². The van der Waals surface area contributed by atoms with Crippen molar-refractivity contribution in [3.63, 3.8) is 0 Å². The van der Waals surface area contributed by atoms with Crippen LogP contribution >= 0.6 is 0 Å². The van der Waals surface area contributed by atoms with Crippen LogP contribution in [0.3, 0.4) is 0 Å². The van der Waals surface area contributed by atoms with Crippen molar-refractivity contribution in [2.75, 3.05) is 0 Å². The molecule has 2 aromatic rings. The predicted octanol–water partition coefficient (Wildman–Crippen LogP) is 3.54. The molecule has 1 fully saturated rings. The van der Waals surface area contributed by atoms with Crippen molar-refractivity contribution in [1.29, 1.82) is 0 Å². The first-order valence-corrected chi connectivity index (χ1v) is 7.41. The number of amides is 1. The van der Waals surface area contributed by atoms with Crippen LogP contribution in [0.1, 0.15) is 43.1 Å². The molecule has 0 saturated heterocycles. The Balaban J connectivity index is 1.78. The number of pyridine rings is 1. The Hall–Kier alpha value is -1.90. The topological polar surface area (TPSA) is 42.0 Å². The third-order valence-corrected chi connectivity index (χ3v) is 4.26. The number of hydrogen-bond donors (Lipinski definition) is 1. The first kappa shape index (κ1) is 13.1. The zero-order chi connectivity index (χ0) is 13.9. The Morgan fingerprint density at radius 2 is 1.95 bits per heavy atom. The fourth-order valence-electron chi connectivity index (χ4n) is 2.97. The number of hydrogen-bond acceptors (Lipinski definition) is 2. The highest BCUT2D eigenvalue weighted by Crippen LogP contribution is 2.24. The average molecular weight is 268 g/mol. The lowest BCUT2D eigenvalue weighted by molar-refractivity contribution is 0.0905. The monoisotopic (exact) mass is 268 g/mol. The van der Waals surface area contributed by atoms with Crippen LogP contribution in [0.2, 0.25) is 0 Å². The minimum atomic E-state index is -0.0468. The molecule has 0 aliphatic heterocycles. The van der Waals surface area contributed by atoms with Crippen molar-refractivity contribution in [1.82, 2.24) is 10.3 Å². The quantitative estimate of drug-likeness (QED) is 0.905. The smallest absolute Gasteiger partial charge is 0.270 e. The number of para-hydroxylation sites is 1. The SMILES string of the molecule is C[C@@H]1CCCC[C@@H]1NC(=O)c1ccc2ccccc2n1. The minimum absolute atomic E-state index is 0.0468. The summed E-state index contributed by atoms with van der Waals surface area (Å²) in [4.78, 5) is 16.8. The second-order valence-electron chi connectivity index (χ2n) is 5.73. The zero-order valence-corrected chi connectivity index (χ0v) is 11.8. The van der Waals surface area contributed by atoms with E-state index in [2.05, 4.69) is 17.2 Å². The molecule has 1 N–H and O–H groups in total. The first-order valence-electron chi connectivity index (χ1n) is 7.41. The molecule has 1 aliphatic rings. The molecule has 20 heavy (non-hydrogen) atoms. The lowest BCUT2D eigenvalue weighted by Gasteiger charge is -2.29. The van der Waals surface area contributed by atoms with Crippen molar-refractivity contribution in [2.24, 2.45) is 5.92 Å². The number of carbonyl (C=O) groups is 1. The van der Waals surface area contributed by atoms with E-state index in [-0.39, 0.29) is 5.91 Å². The van der Waals surface area contributed by atoms with Gasteiger partial charge in [-0.05, 0) is 30.9 Å².